The maximum absolute atomic E-state index is 12.7. The third kappa shape index (κ3) is 7.38. The smallest absolute Gasteiger partial charge is 0.343 e. The summed E-state index contributed by atoms with van der Waals surface area (Å²) in [4.78, 5) is 31.3. The maximum Gasteiger partial charge on any atom is 0.343 e. The Hall–Kier alpha value is -3.48. The summed E-state index contributed by atoms with van der Waals surface area (Å²) < 4.78 is 12.4. The van der Waals surface area contributed by atoms with Gasteiger partial charge in [-0.05, 0) is 110 Å². The van der Waals surface area contributed by atoms with Crippen LogP contribution in [0.5, 0.6) is 11.5 Å². The molecule has 0 unspecified atom stereocenters. The SMILES string of the molecule is CCOc1cc(/C=N/Nc2nc(N3CCCCC3)nc(N3CCCCC3)n2)ccc1OC(=O)c1cccc(I)c1. The number of hydrazone groups is 1. The fourth-order valence-electron chi connectivity index (χ4n) is 4.77. The van der Waals surface area contributed by atoms with Crippen LogP contribution in [0.3, 0.4) is 0 Å². The van der Waals surface area contributed by atoms with Crippen molar-refractivity contribution in [3.05, 3.63) is 57.2 Å². The van der Waals surface area contributed by atoms with E-state index in [2.05, 4.69) is 52.9 Å². The molecule has 0 spiro atoms. The number of ether oxygens (including phenoxy) is 2. The molecule has 0 amide bonds. The lowest BCUT2D eigenvalue weighted by molar-refractivity contribution is 0.0728. The van der Waals surface area contributed by atoms with Crippen LogP contribution in [-0.4, -0.2) is 59.9 Å². The third-order valence-electron chi connectivity index (χ3n) is 6.80. The monoisotopic (exact) mass is 655 g/mol. The highest BCUT2D eigenvalue weighted by molar-refractivity contribution is 14.1. The van der Waals surface area contributed by atoms with E-state index < -0.39 is 5.97 Å². The summed E-state index contributed by atoms with van der Waals surface area (Å²) in [6.07, 6.45) is 8.71. The maximum atomic E-state index is 12.7. The zero-order chi connectivity index (χ0) is 27.7. The Balaban J connectivity index is 1.32. The van der Waals surface area contributed by atoms with Crippen molar-refractivity contribution in [3.8, 4) is 11.5 Å². The van der Waals surface area contributed by atoms with E-state index >= 15 is 0 Å². The van der Waals surface area contributed by atoms with Crippen molar-refractivity contribution in [1.29, 1.82) is 0 Å². The lowest BCUT2D eigenvalue weighted by Crippen LogP contribution is -2.34. The first-order chi connectivity index (χ1) is 19.6. The molecule has 2 aromatic carbocycles. The van der Waals surface area contributed by atoms with Gasteiger partial charge < -0.3 is 19.3 Å². The average molecular weight is 656 g/mol. The van der Waals surface area contributed by atoms with Gasteiger partial charge >= 0.3 is 5.97 Å². The molecule has 2 saturated heterocycles. The van der Waals surface area contributed by atoms with E-state index in [0.29, 0.717) is 41.5 Å². The molecule has 0 saturated carbocycles. The lowest BCUT2D eigenvalue weighted by Gasteiger charge is -2.30. The van der Waals surface area contributed by atoms with Gasteiger partial charge in [-0.2, -0.15) is 20.1 Å². The van der Waals surface area contributed by atoms with Gasteiger partial charge in [0.1, 0.15) is 0 Å². The number of carbonyl (C=O) groups is 1. The molecule has 3 heterocycles. The number of rotatable bonds is 9. The number of nitrogens with zero attached hydrogens (tertiary/aromatic N) is 6. The van der Waals surface area contributed by atoms with E-state index in [0.717, 1.165) is 61.0 Å². The highest BCUT2D eigenvalue weighted by Gasteiger charge is 2.20. The molecule has 1 N–H and O–H groups in total. The van der Waals surface area contributed by atoms with E-state index in [4.69, 9.17) is 14.5 Å². The minimum Gasteiger partial charge on any atom is -0.490 e. The van der Waals surface area contributed by atoms with Crippen LogP contribution in [-0.2, 0) is 0 Å². The Kier molecular flexibility index (Phi) is 9.63. The van der Waals surface area contributed by atoms with Crippen LogP contribution in [0.15, 0.2) is 47.6 Å². The second kappa shape index (κ2) is 13.7. The van der Waals surface area contributed by atoms with Crippen LogP contribution >= 0.6 is 22.6 Å². The van der Waals surface area contributed by atoms with Crippen LogP contribution in [0.4, 0.5) is 17.8 Å². The second-order valence-electron chi connectivity index (χ2n) is 9.76. The van der Waals surface area contributed by atoms with Gasteiger partial charge in [-0.1, -0.05) is 6.07 Å². The molecule has 10 nitrogen and oxygen atoms in total. The lowest BCUT2D eigenvalue weighted by atomic mass is 10.1. The standard InChI is InChI=1S/C29H34IN7O3/c1-2-39-25-18-21(12-13-24(25)40-26(38)22-10-9-11-23(30)19-22)20-31-35-27-32-28(36-14-5-3-6-15-36)34-29(33-27)37-16-7-4-8-17-37/h9-13,18-20H,2-8,14-17H2,1H3,(H,32,33,34,35)/b31-20+. The molecular formula is C29H34IN7O3. The van der Waals surface area contributed by atoms with Crippen LogP contribution in [0.2, 0.25) is 0 Å². The fraction of sp³-hybridized carbons (Fsp3) is 0.414. The highest BCUT2D eigenvalue weighted by Crippen LogP contribution is 2.29. The van der Waals surface area contributed by atoms with Crippen LogP contribution in [0, 0.1) is 3.57 Å². The van der Waals surface area contributed by atoms with Crippen molar-refractivity contribution in [1.82, 2.24) is 15.0 Å². The van der Waals surface area contributed by atoms with Gasteiger partial charge in [0.05, 0.1) is 18.4 Å². The number of esters is 1. The van der Waals surface area contributed by atoms with Crippen molar-refractivity contribution in [2.45, 2.75) is 45.4 Å². The first kappa shape index (κ1) is 28.1. The normalized spacial score (nSPS) is 15.8. The molecule has 0 aliphatic carbocycles. The number of nitrogens with one attached hydrogen (secondary N) is 1. The summed E-state index contributed by atoms with van der Waals surface area (Å²) >= 11 is 2.17. The summed E-state index contributed by atoms with van der Waals surface area (Å²) in [6, 6.07) is 12.6. The summed E-state index contributed by atoms with van der Waals surface area (Å²) in [5, 5.41) is 4.40. The molecule has 0 bridgehead atoms. The van der Waals surface area contributed by atoms with Crippen molar-refractivity contribution in [2.75, 3.05) is 48.0 Å². The molecule has 210 valence electrons. The van der Waals surface area contributed by atoms with Gasteiger partial charge in [-0.3, -0.25) is 0 Å². The zero-order valence-corrected chi connectivity index (χ0v) is 24.8. The summed E-state index contributed by atoms with van der Waals surface area (Å²) in [7, 11) is 0. The highest BCUT2D eigenvalue weighted by atomic mass is 127. The molecule has 40 heavy (non-hydrogen) atoms. The van der Waals surface area contributed by atoms with E-state index in [-0.39, 0.29) is 0 Å². The zero-order valence-electron chi connectivity index (χ0n) is 22.7. The number of halogens is 1. The molecule has 2 aliphatic rings. The summed E-state index contributed by atoms with van der Waals surface area (Å²) in [6.45, 7) is 6.11. The van der Waals surface area contributed by atoms with Crippen molar-refractivity contribution >= 4 is 52.6 Å². The number of aromatic nitrogens is 3. The number of benzene rings is 2. The third-order valence-corrected chi connectivity index (χ3v) is 7.47. The number of anilines is 3. The van der Waals surface area contributed by atoms with Crippen LogP contribution in [0.25, 0.3) is 0 Å². The first-order valence-electron chi connectivity index (χ1n) is 13.9. The minimum atomic E-state index is -0.439. The first-order valence-corrected chi connectivity index (χ1v) is 15.0. The van der Waals surface area contributed by atoms with E-state index in [1.54, 1.807) is 30.5 Å². The van der Waals surface area contributed by atoms with Gasteiger partial charge in [0, 0.05) is 29.7 Å². The van der Waals surface area contributed by atoms with Crippen molar-refractivity contribution in [2.24, 2.45) is 5.10 Å². The van der Waals surface area contributed by atoms with Gasteiger partial charge in [0.25, 0.3) is 0 Å². The number of piperidine rings is 2. The molecular weight excluding hydrogens is 621 g/mol. The molecule has 1 aromatic heterocycles. The van der Waals surface area contributed by atoms with Gasteiger partial charge in [-0.15, -0.1) is 0 Å². The molecule has 5 rings (SSSR count). The Bertz CT molecular complexity index is 1300. The Morgan fingerprint density at radius 1 is 0.925 bits per heavy atom. The molecule has 2 fully saturated rings. The van der Waals surface area contributed by atoms with E-state index in [1.807, 2.05) is 25.1 Å². The van der Waals surface area contributed by atoms with Crippen molar-refractivity contribution < 1.29 is 14.3 Å². The van der Waals surface area contributed by atoms with E-state index in [9.17, 15) is 4.79 Å². The molecule has 2 aliphatic heterocycles. The predicted molar refractivity (Wildman–Crippen MR) is 165 cm³/mol. The quantitative estimate of drug-likeness (QED) is 0.105. The number of carbonyl (C=O) groups excluding carboxylic acids is 1. The van der Waals surface area contributed by atoms with Gasteiger partial charge in [0.2, 0.25) is 17.8 Å². The minimum absolute atomic E-state index is 0.352. The Morgan fingerprint density at radius 3 is 2.23 bits per heavy atom. The molecule has 0 radical (unpaired) electrons. The van der Waals surface area contributed by atoms with Crippen molar-refractivity contribution in [3.63, 3.8) is 0 Å². The van der Waals surface area contributed by atoms with Crippen LogP contribution < -0.4 is 24.7 Å². The molecule has 3 aromatic rings. The van der Waals surface area contributed by atoms with E-state index in [1.165, 1.54) is 12.8 Å². The topological polar surface area (TPSA) is 105 Å². The Morgan fingerprint density at radius 2 is 1.60 bits per heavy atom. The average Bonchev–Trinajstić information content (AvgIpc) is 2.99. The fourth-order valence-corrected chi connectivity index (χ4v) is 5.31. The Labute approximate surface area is 248 Å². The number of hydrogen-bond donors (Lipinski definition) is 1. The summed E-state index contributed by atoms with van der Waals surface area (Å²) in [5.41, 5.74) is 4.26. The van der Waals surface area contributed by atoms with Gasteiger partial charge in [-0.25, -0.2) is 10.2 Å². The largest absolute Gasteiger partial charge is 0.490 e. The van der Waals surface area contributed by atoms with Crippen LogP contribution in [0.1, 0.15) is 61.4 Å². The molecule has 0 atom stereocenters. The summed E-state index contributed by atoms with van der Waals surface area (Å²) in [5.74, 6) is 2.19. The molecule has 11 heteroatoms. The predicted octanol–water partition coefficient (Wildman–Crippen LogP) is 5.52. The van der Waals surface area contributed by atoms with Gasteiger partial charge in [0.15, 0.2) is 11.5 Å². The second-order valence-corrected chi connectivity index (χ2v) is 11.0. The number of hydrogen-bond acceptors (Lipinski definition) is 10.